The zero-order valence-electron chi connectivity index (χ0n) is 13.2. The SMILES string of the molecule is Cc1c(OCC(F)(F)C(F)F)ccc2c1-c1cc(C(=O)O)ccc1C2. The molecule has 7 heteroatoms. The summed E-state index contributed by atoms with van der Waals surface area (Å²) < 4.78 is 55.6. The zero-order valence-corrected chi connectivity index (χ0v) is 13.2. The molecule has 3 rings (SSSR count). The van der Waals surface area contributed by atoms with Gasteiger partial charge in [-0.1, -0.05) is 12.1 Å². The minimum atomic E-state index is -4.24. The number of benzene rings is 2. The Kier molecular flexibility index (Phi) is 4.18. The minimum Gasteiger partial charge on any atom is -0.487 e. The number of carboxylic acids is 1. The van der Waals surface area contributed by atoms with Crippen molar-refractivity contribution in [1.29, 1.82) is 0 Å². The molecule has 0 fully saturated rings. The average Bonchev–Trinajstić information content (AvgIpc) is 2.92. The molecule has 0 aliphatic heterocycles. The van der Waals surface area contributed by atoms with Crippen LogP contribution in [0.1, 0.15) is 27.0 Å². The second-order valence-corrected chi connectivity index (χ2v) is 5.93. The molecule has 0 saturated carbocycles. The monoisotopic (exact) mass is 354 g/mol. The van der Waals surface area contributed by atoms with E-state index >= 15 is 0 Å². The quantitative estimate of drug-likeness (QED) is 0.684. The van der Waals surface area contributed by atoms with E-state index in [4.69, 9.17) is 9.84 Å². The second-order valence-electron chi connectivity index (χ2n) is 5.93. The van der Waals surface area contributed by atoms with Crippen molar-refractivity contribution in [2.24, 2.45) is 0 Å². The molecule has 0 heterocycles. The van der Waals surface area contributed by atoms with Crippen LogP contribution in [0.5, 0.6) is 5.75 Å². The van der Waals surface area contributed by atoms with Gasteiger partial charge in [0.25, 0.3) is 0 Å². The van der Waals surface area contributed by atoms with Crippen molar-refractivity contribution in [3.8, 4) is 16.9 Å². The molecule has 0 unspecified atom stereocenters. The molecule has 2 aromatic rings. The van der Waals surface area contributed by atoms with E-state index in [2.05, 4.69) is 0 Å². The first-order valence-corrected chi connectivity index (χ1v) is 7.48. The van der Waals surface area contributed by atoms with Gasteiger partial charge in [-0.05, 0) is 59.4 Å². The van der Waals surface area contributed by atoms with Crippen LogP contribution in [0.3, 0.4) is 0 Å². The highest BCUT2D eigenvalue weighted by atomic mass is 19.3. The number of hydrogen-bond donors (Lipinski definition) is 1. The Labute approximate surface area is 140 Å². The van der Waals surface area contributed by atoms with Gasteiger partial charge in [-0.15, -0.1) is 0 Å². The fraction of sp³-hybridized carbons (Fsp3) is 0.278. The first-order chi connectivity index (χ1) is 11.7. The molecular weight excluding hydrogens is 340 g/mol. The lowest BCUT2D eigenvalue weighted by Crippen LogP contribution is -2.33. The van der Waals surface area contributed by atoms with Gasteiger partial charge in [-0.3, -0.25) is 0 Å². The van der Waals surface area contributed by atoms with Gasteiger partial charge in [-0.2, -0.15) is 8.78 Å². The summed E-state index contributed by atoms with van der Waals surface area (Å²) in [4.78, 5) is 11.2. The molecule has 0 saturated heterocycles. The lowest BCUT2D eigenvalue weighted by atomic mass is 9.98. The van der Waals surface area contributed by atoms with Crippen molar-refractivity contribution in [3.63, 3.8) is 0 Å². The summed E-state index contributed by atoms with van der Waals surface area (Å²) in [7, 11) is 0. The summed E-state index contributed by atoms with van der Waals surface area (Å²) in [6, 6.07) is 7.89. The predicted molar refractivity (Wildman–Crippen MR) is 82.8 cm³/mol. The van der Waals surface area contributed by atoms with E-state index in [0.717, 1.165) is 11.1 Å². The van der Waals surface area contributed by atoms with Gasteiger partial charge >= 0.3 is 18.3 Å². The fourth-order valence-electron chi connectivity index (χ4n) is 2.97. The maximum atomic E-state index is 13.1. The Bertz CT molecular complexity index is 846. The van der Waals surface area contributed by atoms with Crippen molar-refractivity contribution < 1.29 is 32.2 Å². The van der Waals surface area contributed by atoms with Gasteiger partial charge in [-0.25, -0.2) is 13.6 Å². The summed E-state index contributed by atoms with van der Waals surface area (Å²) >= 11 is 0. The van der Waals surface area contributed by atoms with Crippen LogP contribution in [-0.4, -0.2) is 30.0 Å². The van der Waals surface area contributed by atoms with Crippen molar-refractivity contribution >= 4 is 5.97 Å². The van der Waals surface area contributed by atoms with E-state index < -0.39 is 24.9 Å². The Hall–Kier alpha value is -2.57. The number of halogens is 4. The molecule has 0 atom stereocenters. The maximum Gasteiger partial charge on any atom is 0.340 e. The van der Waals surface area contributed by atoms with Crippen molar-refractivity contribution in [3.05, 3.63) is 52.6 Å². The van der Waals surface area contributed by atoms with Gasteiger partial charge in [0, 0.05) is 0 Å². The summed E-state index contributed by atoms with van der Waals surface area (Å²) in [5.41, 5.74) is 3.85. The standard InChI is InChI=1S/C18H14F4O3/c1-9-14(25-8-18(21,22)17(19)20)5-4-11-6-10-2-3-12(16(23)24)7-13(10)15(9)11/h2-5,7,17H,6,8H2,1H3,(H,23,24). The van der Waals surface area contributed by atoms with Crippen LogP contribution in [-0.2, 0) is 6.42 Å². The predicted octanol–water partition coefficient (Wildman–Crippen LogP) is 4.54. The highest BCUT2D eigenvalue weighted by Crippen LogP contribution is 2.42. The molecule has 1 N–H and O–H groups in total. The van der Waals surface area contributed by atoms with E-state index in [0.29, 0.717) is 23.1 Å². The highest BCUT2D eigenvalue weighted by Gasteiger charge is 2.42. The van der Waals surface area contributed by atoms with E-state index in [-0.39, 0.29) is 11.3 Å². The normalized spacial score (nSPS) is 12.9. The molecule has 0 spiro atoms. The summed E-state index contributed by atoms with van der Waals surface area (Å²) in [5.74, 6) is -5.23. The number of aromatic carboxylic acids is 1. The van der Waals surface area contributed by atoms with Gasteiger partial charge in [0.05, 0.1) is 5.56 Å². The van der Waals surface area contributed by atoms with E-state index in [1.807, 2.05) is 0 Å². The number of alkyl halides is 4. The van der Waals surface area contributed by atoms with Crippen LogP contribution in [0.25, 0.3) is 11.1 Å². The Morgan fingerprint density at radius 1 is 1.24 bits per heavy atom. The summed E-state index contributed by atoms with van der Waals surface area (Å²) in [5, 5.41) is 9.13. The van der Waals surface area contributed by atoms with Crippen LogP contribution in [0.2, 0.25) is 0 Å². The second kappa shape index (κ2) is 6.06. The number of fused-ring (bicyclic) bond motifs is 3. The number of hydrogen-bond acceptors (Lipinski definition) is 2. The van der Waals surface area contributed by atoms with Gasteiger partial charge in [0.2, 0.25) is 0 Å². The number of ether oxygens (including phenoxy) is 1. The summed E-state index contributed by atoms with van der Waals surface area (Å²) in [6.07, 6.45) is -3.22. The van der Waals surface area contributed by atoms with E-state index in [1.54, 1.807) is 19.1 Å². The Balaban J connectivity index is 1.97. The first kappa shape index (κ1) is 17.3. The van der Waals surface area contributed by atoms with Gasteiger partial charge in [0.1, 0.15) is 5.75 Å². The fourth-order valence-corrected chi connectivity index (χ4v) is 2.97. The molecular formula is C18H14F4O3. The van der Waals surface area contributed by atoms with Gasteiger partial charge in [0.15, 0.2) is 6.61 Å². The third-order valence-electron chi connectivity index (χ3n) is 4.25. The number of rotatable bonds is 5. The van der Waals surface area contributed by atoms with Crippen LogP contribution in [0.4, 0.5) is 17.6 Å². The smallest absolute Gasteiger partial charge is 0.340 e. The first-order valence-electron chi connectivity index (χ1n) is 7.48. The molecule has 0 bridgehead atoms. The van der Waals surface area contributed by atoms with Crippen LogP contribution >= 0.6 is 0 Å². The van der Waals surface area contributed by atoms with Crippen LogP contribution < -0.4 is 4.74 Å². The number of carbonyl (C=O) groups is 1. The Morgan fingerprint density at radius 2 is 1.92 bits per heavy atom. The van der Waals surface area contributed by atoms with E-state index in [9.17, 15) is 22.4 Å². The molecule has 1 aliphatic carbocycles. The zero-order chi connectivity index (χ0) is 18.4. The largest absolute Gasteiger partial charge is 0.487 e. The molecule has 0 amide bonds. The van der Waals surface area contributed by atoms with Crippen molar-refractivity contribution in [2.75, 3.05) is 6.61 Å². The van der Waals surface area contributed by atoms with Crippen LogP contribution in [0, 0.1) is 6.92 Å². The lowest BCUT2D eigenvalue weighted by molar-refractivity contribution is -0.148. The van der Waals surface area contributed by atoms with Crippen molar-refractivity contribution in [2.45, 2.75) is 25.7 Å². The molecule has 1 aliphatic rings. The number of carboxylic acid groups (broad SMARTS) is 1. The van der Waals surface area contributed by atoms with E-state index in [1.165, 1.54) is 18.2 Å². The molecule has 25 heavy (non-hydrogen) atoms. The minimum absolute atomic E-state index is 0.0765. The third kappa shape index (κ3) is 3.06. The van der Waals surface area contributed by atoms with Crippen molar-refractivity contribution in [1.82, 2.24) is 0 Å². The van der Waals surface area contributed by atoms with Gasteiger partial charge < -0.3 is 9.84 Å². The summed E-state index contributed by atoms with van der Waals surface area (Å²) in [6.45, 7) is 0.212. The maximum absolute atomic E-state index is 13.1. The van der Waals surface area contributed by atoms with Crippen LogP contribution in [0.15, 0.2) is 30.3 Å². The molecule has 0 radical (unpaired) electrons. The molecule has 0 aromatic heterocycles. The topological polar surface area (TPSA) is 46.5 Å². The average molecular weight is 354 g/mol. The third-order valence-corrected chi connectivity index (χ3v) is 4.25. The Morgan fingerprint density at radius 3 is 2.56 bits per heavy atom. The molecule has 132 valence electrons. The lowest BCUT2D eigenvalue weighted by Gasteiger charge is -2.18. The highest BCUT2D eigenvalue weighted by molar-refractivity contribution is 5.92. The molecule has 2 aromatic carbocycles. The molecule has 3 nitrogen and oxygen atoms in total.